The molecule has 0 aromatic heterocycles. The lowest BCUT2D eigenvalue weighted by atomic mass is 9.96. The molecule has 1 aliphatic heterocycles. The molecule has 0 bridgehead atoms. The van der Waals surface area contributed by atoms with Crippen LogP contribution >= 0.6 is 0 Å². The lowest BCUT2D eigenvalue weighted by molar-refractivity contribution is -0.136. The van der Waals surface area contributed by atoms with Crippen molar-refractivity contribution in [2.75, 3.05) is 27.3 Å². The monoisotopic (exact) mass is 799 g/mol. The third-order valence-electron chi connectivity index (χ3n) is 11.6. The Balaban J connectivity index is 1.18. The molecule has 8 heteroatoms. The average molecular weight is 799 g/mol. The van der Waals surface area contributed by atoms with Crippen LogP contribution in [0.2, 0.25) is 0 Å². The fourth-order valence-corrected chi connectivity index (χ4v) is 8.20. The van der Waals surface area contributed by atoms with Crippen LogP contribution in [0.15, 0.2) is 78.9 Å². The van der Waals surface area contributed by atoms with Crippen LogP contribution in [-0.2, 0) is 14.3 Å². The first-order valence-corrected chi connectivity index (χ1v) is 22.7. The Morgan fingerprint density at radius 1 is 0.638 bits per heavy atom. The topological polar surface area (TPSA) is 97.3 Å². The van der Waals surface area contributed by atoms with E-state index >= 15 is 0 Å². The maximum Gasteiger partial charge on any atom is 0.223 e. The van der Waals surface area contributed by atoms with Crippen LogP contribution in [0, 0.1) is 0 Å². The molecule has 3 aromatic rings. The van der Waals surface area contributed by atoms with E-state index in [1.165, 1.54) is 83.5 Å². The van der Waals surface area contributed by atoms with Gasteiger partial charge in [-0.25, -0.2) is 0 Å². The number of carbonyl (C=O) groups is 2. The van der Waals surface area contributed by atoms with E-state index in [2.05, 4.69) is 12.2 Å². The number of hydrogen-bond acceptors (Lipinski definition) is 6. The van der Waals surface area contributed by atoms with Crippen molar-refractivity contribution in [3.05, 3.63) is 95.6 Å². The predicted molar refractivity (Wildman–Crippen MR) is 235 cm³/mol. The Bertz CT molecular complexity index is 1480. The molecule has 3 unspecified atom stereocenters. The quantitative estimate of drug-likeness (QED) is 0.0652. The van der Waals surface area contributed by atoms with E-state index < -0.39 is 18.3 Å². The van der Waals surface area contributed by atoms with Gasteiger partial charge < -0.3 is 29.5 Å². The summed E-state index contributed by atoms with van der Waals surface area (Å²) in [6.07, 6.45) is 22.0. The lowest BCUT2D eigenvalue weighted by Crippen LogP contribution is -2.40. The van der Waals surface area contributed by atoms with E-state index in [-0.39, 0.29) is 24.4 Å². The molecular weight excluding hydrogens is 725 g/mol. The molecule has 1 aliphatic rings. The maximum absolute atomic E-state index is 13.8. The minimum Gasteiger partial charge on any atom is -0.497 e. The number of amides is 2. The van der Waals surface area contributed by atoms with Crippen molar-refractivity contribution in [2.45, 2.75) is 166 Å². The highest BCUT2D eigenvalue weighted by molar-refractivity contribution is 5.77. The second-order valence-electron chi connectivity index (χ2n) is 16.3. The standard InChI is InChI=1S/C50H74N2O6/c1-4-5-6-7-8-9-10-11-12-13-14-15-16-17-22-27-47(54)51-37-24-19-23-28-48(55)52-39-43(53)38-46(52)50(40-25-20-18-21-26-40)58-49(41-29-33-44(56-2)34-30-41)42-31-35-45(57-3)36-32-42/h18,20-21,25-26,29-36,43,46,49-50,53H,4-17,19,22-24,27-28,37-39H2,1-3H3,(H,51,54). The number of benzene rings is 3. The maximum atomic E-state index is 13.8. The van der Waals surface area contributed by atoms with Crippen LogP contribution in [0.3, 0.4) is 0 Å². The van der Waals surface area contributed by atoms with Gasteiger partial charge in [0.1, 0.15) is 23.7 Å². The Morgan fingerprint density at radius 3 is 1.64 bits per heavy atom. The number of nitrogens with zero attached hydrogens (tertiary/aromatic N) is 1. The molecular formula is C50H74N2O6. The van der Waals surface area contributed by atoms with Crippen molar-refractivity contribution in [3.63, 3.8) is 0 Å². The highest BCUT2D eigenvalue weighted by atomic mass is 16.5. The minimum atomic E-state index is -0.635. The molecule has 0 spiro atoms. The van der Waals surface area contributed by atoms with Crippen LogP contribution in [0.1, 0.15) is 171 Å². The van der Waals surface area contributed by atoms with E-state index in [0.29, 0.717) is 25.8 Å². The first-order chi connectivity index (χ1) is 28.4. The van der Waals surface area contributed by atoms with Gasteiger partial charge in [0.2, 0.25) is 11.8 Å². The van der Waals surface area contributed by atoms with Crippen LogP contribution in [0.5, 0.6) is 11.5 Å². The second kappa shape index (κ2) is 27.7. The number of methoxy groups -OCH3 is 2. The lowest BCUT2D eigenvalue weighted by Gasteiger charge is -2.35. The SMILES string of the molecule is CCCCCCCCCCCCCCCCCC(=O)NCCCCCC(=O)N1CC(O)CC1C(OC(c1ccc(OC)cc1)c1ccc(OC)cc1)c1ccccc1. The number of likely N-dealkylation sites (tertiary alicyclic amines) is 1. The van der Waals surface area contributed by atoms with Crippen molar-refractivity contribution in [3.8, 4) is 11.5 Å². The molecule has 4 rings (SSSR count). The van der Waals surface area contributed by atoms with Gasteiger partial charge in [0.15, 0.2) is 0 Å². The molecule has 2 amide bonds. The second-order valence-corrected chi connectivity index (χ2v) is 16.3. The van der Waals surface area contributed by atoms with Crippen molar-refractivity contribution >= 4 is 11.8 Å². The molecule has 1 fully saturated rings. The van der Waals surface area contributed by atoms with Gasteiger partial charge in [-0.05, 0) is 66.6 Å². The summed E-state index contributed by atoms with van der Waals surface area (Å²) in [4.78, 5) is 28.1. The third kappa shape index (κ3) is 16.8. The molecule has 1 heterocycles. The number of rotatable bonds is 30. The Hall–Kier alpha value is -3.88. The molecule has 58 heavy (non-hydrogen) atoms. The summed E-state index contributed by atoms with van der Waals surface area (Å²) in [5, 5.41) is 14.0. The third-order valence-corrected chi connectivity index (χ3v) is 11.6. The van der Waals surface area contributed by atoms with Gasteiger partial charge in [-0.1, -0.05) is 158 Å². The highest BCUT2D eigenvalue weighted by Crippen LogP contribution is 2.40. The van der Waals surface area contributed by atoms with Crippen LogP contribution in [0.25, 0.3) is 0 Å². The fraction of sp³-hybridized carbons (Fsp3) is 0.600. The van der Waals surface area contributed by atoms with Gasteiger partial charge in [-0.15, -0.1) is 0 Å². The number of β-amino-alcohol motifs (C(OH)–C–C–N with tert-alkyl or cyclic N) is 1. The number of aliphatic hydroxyl groups is 1. The molecule has 0 saturated carbocycles. The molecule has 2 N–H and O–H groups in total. The van der Waals surface area contributed by atoms with E-state index in [9.17, 15) is 14.7 Å². The van der Waals surface area contributed by atoms with Gasteiger partial charge >= 0.3 is 0 Å². The van der Waals surface area contributed by atoms with Crippen molar-refractivity contribution in [1.29, 1.82) is 0 Å². The first kappa shape index (κ1) is 46.8. The molecule has 320 valence electrons. The zero-order valence-electron chi connectivity index (χ0n) is 36.0. The number of carbonyl (C=O) groups excluding carboxylic acids is 2. The number of unbranched alkanes of at least 4 members (excludes halogenated alkanes) is 16. The summed E-state index contributed by atoms with van der Waals surface area (Å²) < 4.78 is 18.0. The number of ether oxygens (including phenoxy) is 3. The first-order valence-electron chi connectivity index (χ1n) is 22.7. The number of hydrogen-bond donors (Lipinski definition) is 2. The van der Waals surface area contributed by atoms with Gasteiger partial charge in [0.05, 0.1) is 26.4 Å². The van der Waals surface area contributed by atoms with Crippen molar-refractivity contribution in [2.24, 2.45) is 0 Å². The summed E-state index contributed by atoms with van der Waals surface area (Å²) in [6.45, 7) is 3.19. The average Bonchev–Trinajstić information content (AvgIpc) is 3.65. The van der Waals surface area contributed by atoms with Crippen LogP contribution < -0.4 is 14.8 Å². The van der Waals surface area contributed by atoms with E-state index in [4.69, 9.17) is 14.2 Å². The summed E-state index contributed by atoms with van der Waals surface area (Å²) in [5.74, 6) is 1.67. The summed E-state index contributed by atoms with van der Waals surface area (Å²) >= 11 is 0. The van der Waals surface area contributed by atoms with Gasteiger partial charge in [0, 0.05) is 25.9 Å². The Labute approximate surface area is 350 Å². The molecule has 0 aliphatic carbocycles. The van der Waals surface area contributed by atoms with Gasteiger partial charge in [0.25, 0.3) is 0 Å². The van der Waals surface area contributed by atoms with Crippen LogP contribution in [0.4, 0.5) is 0 Å². The summed E-state index contributed by atoms with van der Waals surface area (Å²) in [7, 11) is 3.30. The van der Waals surface area contributed by atoms with Crippen LogP contribution in [-0.4, -0.2) is 61.3 Å². The molecule has 0 radical (unpaired) electrons. The normalized spacial score (nSPS) is 15.8. The molecule has 1 saturated heterocycles. The smallest absolute Gasteiger partial charge is 0.223 e. The molecule has 3 aromatic carbocycles. The molecule has 3 atom stereocenters. The van der Waals surface area contributed by atoms with E-state index in [0.717, 1.165) is 60.3 Å². The van der Waals surface area contributed by atoms with E-state index in [1.807, 2.05) is 83.8 Å². The largest absolute Gasteiger partial charge is 0.497 e. The zero-order chi connectivity index (χ0) is 41.2. The Morgan fingerprint density at radius 2 is 1.12 bits per heavy atom. The number of nitrogens with one attached hydrogen (secondary N) is 1. The minimum absolute atomic E-state index is 0.0220. The summed E-state index contributed by atoms with van der Waals surface area (Å²) in [6, 6.07) is 25.4. The Kier molecular flexibility index (Phi) is 22.4. The predicted octanol–water partition coefficient (Wildman–Crippen LogP) is 11.5. The highest BCUT2D eigenvalue weighted by Gasteiger charge is 2.41. The van der Waals surface area contributed by atoms with E-state index in [1.54, 1.807) is 14.2 Å². The van der Waals surface area contributed by atoms with Gasteiger partial charge in [-0.3, -0.25) is 9.59 Å². The van der Waals surface area contributed by atoms with Gasteiger partial charge in [-0.2, -0.15) is 0 Å². The van der Waals surface area contributed by atoms with Crippen molar-refractivity contribution in [1.82, 2.24) is 10.2 Å². The number of aliphatic hydroxyl groups excluding tert-OH is 1. The molecule has 8 nitrogen and oxygen atoms in total. The summed E-state index contributed by atoms with van der Waals surface area (Å²) in [5.41, 5.74) is 2.85. The fourth-order valence-electron chi connectivity index (χ4n) is 8.20. The zero-order valence-corrected chi connectivity index (χ0v) is 36.0. The van der Waals surface area contributed by atoms with Crippen molar-refractivity contribution < 1.29 is 28.9 Å².